The fourth-order valence-corrected chi connectivity index (χ4v) is 4.57. The minimum absolute atomic E-state index is 0.234. The summed E-state index contributed by atoms with van der Waals surface area (Å²) in [6, 6.07) is 7.13. The van der Waals surface area contributed by atoms with E-state index in [0.29, 0.717) is 16.3 Å². The quantitative estimate of drug-likeness (QED) is 0.663. The maximum absolute atomic E-state index is 13.5. The number of hydrogen-bond acceptors (Lipinski definition) is 3. The van der Waals surface area contributed by atoms with E-state index in [9.17, 15) is 14.0 Å². The monoisotopic (exact) mass is 402 g/mol. The number of benzene rings is 1. The van der Waals surface area contributed by atoms with Crippen molar-refractivity contribution in [3.05, 3.63) is 46.8 Å². The molecule has 28 heavy (non-hydrogen) atoms. The Bertz CT molecular complexity index is 965. The van der Waals surface area contributed by atoms with E-state index in [1.165, 1.54) is 0 Å². The van der Waals surface area contributed by atoms with Gasteiger partial charge >= 0.3 is 0 Å². The molecule has 1 atom stereocenters. The van der Waals surface area contributed by atoms with E-state index in [4.69, 9.17) is 11.6 Å². The second-order valence-corrected chi connectivity index (χ2v) is 7.70. The van der Waals surface area contributed by atoms with Crippen molar-refractivity contribution in [3.63, 3.8) is 0 Å². The molecule has 0 bridgehead atoms. The Morgan fingerprint density at radius 2 is 2.00 bits per heavy atom. The molecule has 0 amide bonds. The van der Waals surface area contributed by atoms with Gasteiger partial charge in [0.25, 0.3) is 0 Å². The fourth-order valence-electron chi connectivity index (χ4n) is 4.40. The summed E-state index contributed by atoms with van der Waals surface area (Å²) in [4.78, 5) is 6.12. The van der Waals surface area contributed by atoms with Crippen LogP contribution < -0.4 is 0 Å². The van der Waals surface area contributed by atoms with Crippen LogP contribution in [0, 0.1) is 11.3 Å². The maximum Gasteiger partial charge on any atom is 0.163 e. The summed E-state index contributed by atoms with van der Waals surface area (Å²) < 4.78 is 29.2. The molecule has 2 aliphatic rings. The van der Waals surface area contributed by atoms with Crippen molar-refractivity contribution in [1.82, 2.24) is 9.47 Å². The summed E-state index contributed by atoms with van der Waals surface area (Å²) in [6.07, 6.45) is 8.55. The molecule has 7 heteroatoms. The third-order valence-corrected chi connectivity index (χ3v) is 5.92. The molecule has 2 heterocycles. The van der Waals surface area contributed by atoms with Crippen LogP contribution in [0.2, 0.25) is 5.02 Å². The van der Waals surface area contributed by atoms with Gasteiger partial charge in [0, 0.05) is 28.9 Å². The number of alkyl halides is 2. The highest BCUT2D eigenvalue weighted by molar-refractivity contribution is 6.31. The van der Waals surface area contributed by atoms with Crippen LogP contribution in [0.1, 0.15) is 49.1 Å². The van der Waals surface area contributed by atoms with E-state index in [-0.39, 0.29) is 6.04 Å². The molecular weight excluding hydrogens is 382 g/mol. The number of nitriles is 1. The zero-order chi connectivity index (χ0) is 19.7. The van der Waals surface area contributed by atoms with Gasteiger partial charge in [0.2, 0.25) is 0 Å². The van der Waals surface area contributed by atoms with E-state index in [1.54, 1.807) is 29.5 Å². The highest BCUT2D eigenvalue weighted by Gasteiger charge is 2.34. The van der Waals surface area contributed by atoms with Crippen molar-refractivity contribution in [2.75, 3.05) is 13.3 Å². The number of halogens is 3. The third-order valence-electron chi connectivity index (χ3n) is 5.68. The van der Waals surface area contributed by atoms with Crippen LogP contribution in [0.4, 0.5) is 8.78 Å². The highest BCUT2D eigenvalue weighted by atomic mass is 35.5. The van der Waals surface area contributed by atoms with E-state index >= 15 is 0 Å². The summed E-state index contributed by atoms with van der Waals surface area (Å²) in [5.74, 6) is 0. The largest absolute Gasteiger partial charge is 0.343 e. The zero-order valence-corrected chi connectivity index (χ0v) is 16.1. The summed E-state index contributed by atoms with van der Waals surface area (Å²) in [6.45, 7) is -1.66. The summed E-state index contributed by atoms with van der Waals surface area (Å²) in [5, 5.41) is 11.3. The molecule has 1 aliphatic heterocycles. The SMILES string of the molecule is N#Cc1c(C2N=CC=CN2C(CF)CF)n(C2CCCC2)c2ccc(Cl)cc12. The van der Waals surface area contributed by atoms with E-state index in [2.05, 4.69) is 15.6 Å². The van der Waals surface area contributed by atoms with E-state index in [1.807, 2.05) is 12.1 Å². The molecule has 1 aliphatic carbocycles. The topological polar surface area (TPSA) is 44.3 Å². The molecule has 1 aromatic carbocycles. The molecule has 0 spiro atoms. The summed E-state index contributed by atoms with van der Waals surface area (Å²) >= 11 is 6.21. The van der Waals surface area contributed by atoms with Crippen molar-refractivity contribution < 1.29 is 8.78 Å². The number of nitrogens with zero attached hydrogens (tertiary/aromatic N) is 4. The van der Waals surface area contributed by atoms with Crippen molar-refractivity contribution in [2.24, 2.45) is 4.99 Å². The summed E-state index contributed by atoms with van der Waals surface area (Å²) in [7, 11) is 0. The van der Waals surface area contributed by atoms with E-state index < -0.39 is 25.6 Å². The molecule has 1 unspecified atom stereocenters. The Balaban J connectivity index is 1.96. The molecule has 0 N–H and O–H groups in total. The Morgan fingerprint density at radius 1 is 1.25 bits per heavy atom. The average molecular weight is 403 g/mol. The minimum Gasteiger partial charge on any atom is -0.343 e. The van der Waals surface area contributed by atoms with Crippen LogP contribution in [0.3, 0.4) is 0 Å². The standard InChI is InChI=1S/C21H21ClF2N4/c22-14-6-7-19-17(10-14)18(13-25)20(28(19)15-4-1-2-5-15)21-26-8-3-9-27(21)16(11-23)12-24/h3,6-10,15-16,21H,1-2,4-5,11-12H2. The number of aromatic nitrogens is 1. The van der Waals surface area contributed by atoms with Crippen LogP contribution in [-0.2, 0) is 0 Å². The first kappa shape index (κ1) is 18.9. The lowest BCUT2D eigenvalue weighted by molar-refractivity contribution is 0.142. The summed E-state index contributed by atoms with van der Waals surface area (Å²) in [5.41, 5.74) is 2.09. The van der Waals surface area contributed by atoms with Gasteiger partial charge in [-0.3, -0.25) is 4.99 Å². The number of rotatable bonds is 5. The lowest BCUT2D eigenvalue weighted by Crippen LogP contribution is -2.39. The maximum atomic E-state index is 13.5. The smallest absolute Gasteiger partial charge is 0.163 e. The molecule has 0 saturated heterocycles. The number of allylic oxidation sites excluding steroid dienone is 1. The van der Waals surface area contributed by atoms with Crippen molar-refractivity contribution >= 4 is 28.7 Å². The average Bonchev–Trinajstić information content (AvgIpc) is 3.34. The molecule has 4 rings (SSSR count). The van der Waals surface area contributed by atoms with Gasteiger partial charge in [-0.1, -0.05) is 24.4 Å². The lowest BCUT2D eigenvalue weighted by Gasteiger charge is -2.35. The van der Waals surface area contributed by atoms with E-state index in [0.717, 1.165) is 36.6 Å². The molecule has 1 fully saturated rings. The molecular formula is C21H21ClF2N4. The molecule has 4 nitrogen and oxygen atoms in total. The first-order chi connectivity index (χ1) is 13.7. The number of fused-ring (bicyclic) bond motifs is 1. The van der Waals surface area contributed by atoms with Crippen LogP contribution in [0.15, 0.2) is 35.5 Å². The van der Waals surface area contributed by atoms with Gasteiger partial charge in [0.05, 0.1) is 22.8 Å². The molecule has 1 aromatic heterocycles. The molecule has 2 aromatic rings. The Hall–Kier alpha value is -2.39. The normalized spacial score (nSPS) is 19.8. The molecule has 146 valence electrons. The van der Waals surface area contributed by atoms with Gasteiger partial charge in [0.1, 0.15) is 19.4 Å². The van der Waals surface area contributed by atoms with Gasteiger partial charge in [0.15, 0.2) is 6.17 Å². The van der Waals surface area contributed by atoms with Gasteiger partial charge in [-0.15, -0.1) is 0 Å². The Labute approximate surface area is 167 Å². The first-order valence-electron chi connectivity index (χ1n) is 9.52. The fraction of sp³-hybridized carbons (Fsp3) is 0.429. The predicted octanol–water partition coefficient (Wildman–Crippen LogP) is 5.49. The van der Waals surface area contributed by atoms with Crippen LogP contribution >= 0.6 is 11.6 Å². The second-order valence-electron chi connectivity index (χ2n) is 7.26. The van der Waals surface area contributed by atoms with Gasteiger partial charge in [-0.05, 0) is 37.1 Å². The van der Waals surface area contributed by atoms with Crippen LogP contribution in [0.25, 0.3) is 10.9 Å². The van der Waals surface area contributed by atoms with Crippen molar-refractivity contribution in [3.8, 4) is 6.07 Å². The molecule has 0 radical (unpaired) electrons. The van der Waals surface area contributed by atoms with Gasteiger partial charge in [-0.25, -0.2) is 8.78 Å². The Morgan fingerprint density at radius 3 is 2.68 bits per heavy atom. The van der Waals surface area contributed by atoms with Crippen LogP contribution in [-0.4, -0.2) is 35.1 Å². The number of hydrogen-bond donors (Lipinski definition) is 0. The molecule has 1 saturated carbocycles. The second kappa shape index (κ2) is 7.92. The van der Waals surface area contributed by atoms with Crippen molar-refractivity contribution in [2.45, 2.75) is 43.9 Å². The zero-order valence-electron chi connectivity index (χ0n) is 15.4. The Kier molecular flexibility index (Phi) is 5.36. The van der Waals surface area contributed by atoms with Crippen molar-refractivity contribution in [1.29, 1.82) is 5.26 Å². The van der Waals surface area contributed by atoms with Crippen LogP contribution in [0.5, 0.6) is 0 Å². The first-order valence-corrected chi connectivity index (χ1v) is 9.90. The highest BCUT2D eigenvalue weighted by Crippen LogP contribution is 2.42. The predicted molar refractivity (Wildman–Crippen MR) is 107 cm³/mol. The number of aliphatic imine (C=N–C) groups is 1. The minimum atomic E-state index is -0.941. The third kappa shape index (κ3) is 3.08. The van der Waals surface area contributed by atoms with Gasteiger partial charge in [-0.2, -0.15) is 5.26 Å². The lowest BCUT2D eigenvalue weighted by atomic mass is 10.1. The van der Waals surface area contributed by atoms with Gasteiger partial charge < -0.3 is 9.47 Å².